The molecular formula is C19H32N2O8S2. The van der Waals surface area contributed by atoms with Crippen LogP contribution in [0.4, 0.5) is 9.59 Å². The third-order valence-electron chi connectivity index (χ3n) is 5.07. The molecule has 178 valence electrons. The van der Waals surface area contributed by atoms with Gasteiger partial charge in [0.2, 0.25) is 0 Å². The molecule has 0 aromatic rings. The van der Waals surface area contributed by atoms with Crippen LogP contribution in [-0.2, 0) is 35.9 Å². The van der Waals surface area contributed by atoms with Gasteiger partial charge < -0.3 is 19.6 Å². The Kier molecular flexibility index (Phi) is 10.3. The first-order valence-corrected chi connectivity index (χ1v) is 12.6. The van der Waals surface area contributed by atoms with Crippen LogP contribution in [0.5, 0.6) is 0 Å². The maximum Gasteiger partial charge on any atom is 0.324 e. The Morgan fingerprint density at radius 2 is 1.52 bits per heavy atom. The molecule has 1 aliphatic rings. The molecule has 0 bridgehead atoms. The zero-order valence-corrected chi connectivity index (χ0v) is 20.3. The number of esters is 1. The topological polar surface area (TPSA) is 138 Å². The molecule has 0 heterocycles. The van der Waals surface area contributed by atoms with E-state index in [1.807, 2.05) is 0 Å². The number of carboxylic acids is 1. The normalized spacial score (nSPS) is 16.7. The predicted molar refractivity (Wildman–Crippen MR) is 116 cm³/mol. The minimum absolute atomic E-state index is 0.101. The third-order valence-corrected chi connectivity index (χ3v) is 8.39. The van der Waals surface area contributed by atoms with Crippen molar-refractivity contribution in [3.63, 3.8) is 0 Å². The van der Waals surface area contributed by atoms with Crippen LogP contribution in [0.15, 0.2) is 0 Å². The van der Waals surface area contributed by atoms with Gasteiger partial charge in [0.1, 0.15) is 38.2 Å². The molecular weight excluding hydrogens is 448 g/mol. The molecule has 1 fully saturated rings. The second-order valence-corrected chi connectivity index (χ2v) is 11.0. The van der Waals surface area contributed by atoms with Crippen molar-refractivity contribution in [2.75, 3.05) is 32.8 Å². The quantitative estimate of drug-likeness (QED) is 0.440. The number of carboxylic acid groups (broad SMARTS) is 1. The van der Waals surface area contributed by atoms with Gasteiger partial charge in [0.05, 0.1) is 6.54 Å². The van der Waals surface area contributed by atoms with Crippen LogP contribution < -0.4 is 0 Å². The number of hydrogen-bond donors (Lipinski definition) is 1. The first-order chi connectivity index (χ1) is 14.4. The van der Waals surface area contributed by atoms with Gasteiger partial charge in [0, 0.05) is 19.6 Å². The lowest BCUT2D eigenvalue weighted by Gasteiger charge is -2.26. The van der Waals surface area contributed by atoms with E-state index in [4.69, 9.17) is 4.74 Å². The highest BCUT2D eigenvalue weighted by atomic mass is 32.2. The van der Waals surface area contributed by atoms with Gasteiger partial charge in [0.15, 0.2) is 0 Å². The van der Waals surface area contributed by atoms with E-state index in [-0.39, 0.29) is 25.6 Å². The van der Waals surface area contributed by atoms with Crippen molar-refractivity contribution in [3.8, 4) is 0 Å². The summed E-state index contributed by atoms with van der Waals surface area (Å²) < 4.78 is 28.6. The van der Waals surface area contributed by atoms with Crippen molar-refractivity contribution in [2.45, 2.75) is 57.5 Å². The summed E-state index contributed by atoms with van der Waals surface area (Å²) >= 11 is 0. The smallest absolute Gasteiger partial charge is 0.324 e. The summed E-state index contributed by atoms with van der Waals surface area (Å²) in [6.45, 7) is 8.29. The van der Waals surface area contributed by atoms with Crippen molar-refractivity contribution in [3.05, 3.63) is 0 Å². The maximum absolute atomic E-state index is 12.6. The number of nitrogens with zero attached hydrogens (tertiary/aromatic N) is 2. The summed E-state index contributed by atoms with van der Waals surface area (Å²) in [6, 6.07) is 0. The monoisotopic (exact) mass is 480 g/mol. The van der Waals surface area contributed by atoms with Gasteiger partial charge in [-0.3, -0.25) is 19.2 Å². The van der Waals surface area contributed by atoms with Gasteiger partial charge in [-0.1, -0.05) is 0 Å². The molecule has 3 atom stereocenters. The summed E-state index contributed by atoms with van der Waals surface area (Å²) in [5.41, 5.74) is 0. The van der Waals surface area contributed by atoms with Crippen LogP contribution in [0.2, 0.25) is 0 Å². The molecule has 1 N–H and O–H groups in total. The van der Waals surface area contributed by atoms with Crippen LogP contribution in [0, 0.1) is 5.92 Å². The van der Waals surface area contributed by atoms with E-state index in [2.05, 4.69) is 0 Å². The number of hydrogen-bond acceptors (Lipinski definition) is 7. The molecule has 0 saturated heterocycles. The van der Waals surface area contributed by atoms with E-state index in [1.54, 1.807) is 20.8 Å². The van der Waals surface area contributed by atoms with Crippen LogP contribution in [0.3, 0.4) is 0 Å². The summed E-state index contributed by atoms with van der Waals surface area (Å²) in [7, 11) is -4.39. The van der Waals surface area contributed by atoms with Gasteiger partial charge in [-0.2, -0.15) is 0 Å². The fraction of sp³-hybridized carbons (Fsp3) is 0.789. The van der Waals surface area contributed by atoms with E-state index in [9.17, 15) is 32.7 Å². The third kappa shape index (κ3) is 6.83. The second-order valence-electron chi connectivity index (χ2n) is 7.59. The van der Waals surface area contributed by atoms with Crippen molar-refractivity contribution >= 4 is 44.0 Å². The van der Waals surface area contributed by atoms with Gasteiger partial charge in [0.25, 0.3) is 0 Å². The zero-order chi connectivity index (χ0) is 23.9. The highest BCUT2D eigenvalue weighted by Gasteiger charge is 2.44. The van der Waals surface area contributed by atoms with E-state index in [0.717, 1.165) is 4.90 Å². The van der Waals surface area contributed by atoms with E-state index < -0.39 is 54.0 Å². The van der Waals surface area contributed by atoms with E-state index in [0.29, 0.717) is 25.9 Å². The highest BCUT2D eigenvalue weighted by Crippen LogP contribution is 2.36. The fourth-order valence-electron chi connectivity index (χ4n) is 2.80. The Bertz CT molecular complexity index is 747. The number of aliphatic carboxylic acids is 1. The summed E-state index contributed by atoms with van der Waals surface area (Å²) in [5, 5.41) is 6.55. The molecule has 0 aliphatic heterocycles. The largest absolute Gasteiger partial charge is 0.480 e. The minimum Gasteiger partial charge on any atom is -0.480 e. The molecule has 10 nitrogen and oxygen atoms in total. The zero-order valence-electron chi connectivity index (χ0n) is 18.6. The maximum atomic E-state index is 12.6. The van der Waals surface area contributed by atoms with Gasteiger partial charge in [-0.05, 0) is 53.4 Å². The van der Waals surface area contributed by atoms with E-state index >= 15 is 0 Å². The molecule has 0 aromatic carbocycles. The van der Waals surface area contributed by atoms with Gasteiger partial charge in [-0.25, -0.2) is 8.42 Å². The second kappa shape index (κ2) is 11.7. The Morgan fingerprint density at radius 1 is 1.00 bits per heavy atom. The summed E-state index contributed by atoms with van der Waals surface area (Å²) in [6.07, 6.45) is 1.25. The summed E-state index contributed by atoms with van der Waals surface area (Å²) in [5.74, 6) is -2.39. The molecule has 1 saturated carbocycles. The Hall–Kier alpha value is -1.82. The molecule has 2 amide bonds. The van der Waals surface area contributed by atoms with Crippen LogP contribution >= 0.6 is 0 Å². The Labute approximate surface area is 187 Å². The van der Waals surface area contributed by atoms with E-state index in [1.165, 1.54) is 18.7 Å². The Balaban J connectivity index is 2.70. The lowest BCUT2D eigenvalue weighted by molar-refractivity contribution is -0.146. The molecule has 31 heavy (non-hydrogen) atoms. The number of carbonyl (C=O) groups excluding carboxylic acids is 3. The molecule has 0 aromatic heterocycles. The average molecular weight is 481 g/mol. The highest BCUT2D eigenvalue weighted by molar-refractivity contribution is 8.02. The van der Waals surface area contributed by atoms with Crippen molar-refractivity contribution in [1.29, 1.82) is 0 Å². The lowest BCUT2D eigenvalue weighted by atomic mass is 10.2. The minimum atomic E-state index is -2.23. The van der Waals surface area contributed by atoms with Crippen molar-refractivity contribution in [1.82, 2.24) is 9.80 Å². The first kappa shape index (κ1) is 27.2. The van der Waals surface area contributed by atoms with Crippen LogP contribution in [0.25, 0.3) is 0 Å². The van der Waals surface area contributed by atoms with Crippen molar-refractivity contribution < 1.29 is 37.4 Å². The van der Waals surface area contributed by atoms with Crippen LogP contribution in [0.1, 0.15) is 47.5 Å². The standard InChI is InChI=1S/C19H32N2O8S2/c1-6-20(7-2)18(26)31(28)19(4,5)16(24)29-12-11-21(8-3)17(25)30(27)14(15(22)23)13-9-10-13/h13-14H,6-12H2,1-5H3,(H,22,23). The number of carbonyl (C=O) groups is 4. The molecule has 0 spiro atoms. The van der Waals surface area contributed by atoms with Gasteiger partial charge >= 0.3 is 22.4 Å². The van der Waals surface area contributed by atoms with Gasteiger partial charge in [-0.15, -0.1) is 0 Å². The van der Waals surface area contributed by atoms with Crippen LogP contribution in [-0.4, -0.2) is 88.5 Å². The number of likely N-dealkylation sites (N-methyl/N-ethyl adjacent to an activating group) is 1. The Morgan fingerprint density at radius 3 is 1.94 bits per heavy atom. The predicted octanol–water partition coefficient (Wildman–Crippen LogP) is 1.57. The molecule has 3 unspecified atom stereocenters. The molecule has 1 rings (SSSR count). The lowest BCUT2D eigenvalue weighted by Crippen LogP contribution is -2.47. The number of rotatable bonds is 11. The molecule has 12 heteroatoms. The van der Waals surface area contributed by atoms with Crippen molar-refractivity contribution in [2.24, 2.45) is 5.92 Å². The number of amides is 2. The first-order valence-electron chi connectivity index (χ1n) is 10.2. The SMILES string of the molecule is CCN(CCOC(=O)C(C)(C)S(=O)C(=O)N(CC)CC)C(=O)S(=O)C(C(=O)O)C1CC1. The summed E-state index contributed by atoms with van der Waals surface area (Å²) in [4.78, 5) is 51.1. The average Bonchev–Trinajstić information content (AvgIpc) is 3.55. The molecule has 1 aliphatic carbocycles. The molecule has 0 radical (unpaired) electrons. The number of ether oxygens (including phenoxy) is 1. The fourth-order valence-corrected chi connectivity index (χ4v) is 5.43.